The fraction of sp³-hybridized carbons (Fsp3) is 0.562. The molecule has 1 heterocycles. The largest absolute Gasteiger partial charge is 0.324 e. The summed E-state index contributed by atoms with van der Waals surface area (Å²) in [6.07, 6.45) is 5.12. The van der Waals surface area contributed by atoms with Gasteiger partial charge in [0, 0.05) is 10.5 Å². The predicted octanol–water partition coefficient (Wildman–Crippen LogP) is 5.85. The second-order valence-corrected chi connectivity index (χ2v) is 7.58. The predicted molar refractivity (Wildman–Crippen MR) is 88.4 cm³/mol. The summed E-state index contributed by atoms with van der Waals surface area (Å²) in [4.78, 5) is 4.77. The van der Waals surface area contributed by atoms with Gasteiger partial charge in [0.1, 0.15) is 5.82 Å². The molecule has 1 aliphatic carbocycles. The molecule has 1 aromatic carbocycles. The summed E-state index contributed by atoms with van der Waals surface area (Å²) in [5.74, 6) is 1.80. The Morgan fingerprint density at radius 2 is 2.20 bits per heavy atom. The van der Waals surface area contributed by atoms with Crippen molar-refractivity contribution in [1.82, 2.24) is 9.55 Å². The Morgan fingerprint density at radius 1 is 1.40 bits per heavy atom. The fourth-order valence-corrected chi connectivity index (χ4v) is 3.89. The van der Waals surface area contributed by atoms with Crippen molar-refractivity contribution >= 4 is 38.6 Å². The monoisotopic (exact) mass is 354 g/mol. The van der Waals surface area contributed by atoms with Gasteiger partial charge in [-0.25, -0.2) is 4.98 Å². The first kappa shape index (κ1) is 14.4. The van der Waals surface area contributed by atoms with Crippen molar-refractivity contribution in [2.75, 3.05) is 0 Å². The zero-order chi connectivity index (χ0) is 14.3. The Labute approximate surface area is 133 Å². The molecule has 2 aromatic rings. The number of imidazole rings is 1. The van der Waals surface area contributed by atoms with Gasteiger partial charge in [-0.15, -0.1) is 11.6 Å². The van der Waals surface area contributed by atoms with E-state index in [1.807, 2.05) is 6.92 Å². The number of alkyl halides is 1. The van der Waals surface area contributed by atoms with Crippen LogP contribution in [0.1, 0.15) is 56.8 Å². The first-order valence-corrected chi connectivity index (χ1v) is 8.60. The molecule has 3 unspecified atom stereocenters. The highest BCUT2D eigenvalue weighted by Gasteiger charge is 2.25. The minimum absolute atomic E-state index is 0.0570. The van der Waals surface area contributed by atoms with Crippen LogP contribution < -0.4 is 0 Å². The van der Waals surface area contributed by atoms with Gasteiger partial charge in [-0.3, -0.25) is 0 Å². The maximum atomic E-state index is 6.38. The second-order valence-electron chi connectivity index (χ2n) is 6.01. The lowest BCUT2D eigenvalue weighted by molar-refractivity contribution is 0.282. The van der Waals surface area contributed by atoms with Gasteiger partial charge in [-0.2, -0.15) is 0 Å². The first-order chi connectivity index (χ1) is 9.56. The Balaban J connectivity index is 2.13. The third kappa shape index (κ3) is 2.62. The fourth-order valence-electron chi connectivity index (χ4n) is 3.39. The summed E-state index contributed by atoms with van der Waals surface area (Å²) < 4.78 is 3.47. The number of nitrogens with zero attached hydrogens (tertiary/aromatic N) is 2. The molecule has 1 saturated carbocycles. The molecule has 0 radical (unpaired) electrons. The SMILES string of the molecule is CC1CCCC(n2c(C(C)Cl)nc3cc(Br)ccc32)C1. The Bertz CT molecular complexity index is 620. The van der Waals surface area contributed by atoms with Crippen molar-refractivity contribution < 1.29 is 0 Å². The summed E-state index contributed by atoms with van der Waals surface area (Å²) >= 11 is 9.91. The summed E-state index contributed by atoms with van der Waals surface area (Å²) in [5.41, 5.74) is 2.26. The molecule has 20 heavy (non-hydrogen) atoms. The number of hydrogen-bond acceptors (Lipinski definition) is 1. The van der Waals surface area contributed by atoms with Crippen molar-refractivity contribution in [2.45, 2.75) is 50.9 Å². The van der Waals surface area contributed by atoms with Crippen LogP contribution in [0.5, 0.6) is 0 Å². The number of hydrogen-bond donors (Lipinski definition) is 0. The third-order valence-electron chi connectivity index (χ3n) is 4.31. The lowest BCUT2D eigenvalue weighted by atomic mass is 9.87. The van der Waals surface area contributed by atoms with Gasteiger partial charge in [-0.1, -0.05) is 35.7 Å². The van der Waals surface area contributed by atoms with E-state index in [0.29, 0.717) is 6.04 Å². The zero-order valence-electron chi connectivity index (χ0n) is 11.9. The van der Waals surface area contributed by atoms with Crippen LogP contribution in [0.3, 0.4) is 0 Å². The van der Waals surface area contributed by atoms with Crippen molar-refractivity contribution in [3.8, 4) is 0 Å². The topological polar surface area (TPSA) is 17.8 Å². The summed E-state index contributed by atoms with van der Waals surface area (Å²) in [5, 5.41) is -0.0570. The molecular weight excluding hydrogens is 336 g/mol. The van der Waals surface area contributed by atoms with Gasteiger partial charge in [0.05, 0.1) is 16.4 Å². The molecule has 1 fully saturated rings. The maximum Gasteiger partial charge on any atom is 0.127 e. The minimum Gasteiger partial charge on any atom is -0.324 e. The van der Waals surface area contributed by atoms with Crippen LogP contribution in [-0.2, 0) is 0 Å². The van der Waals surface area contributed by atoms with E-state index in [1.165, 1.54) is 31.2 Å². The van der Waals surface area contributed by atoms with Crippen LogP contribution >= 0.6 is 27.5 Å². The number of halogens is 2. The molecule has 0 spiro atoms. The molecule has 0 N–H and O–H groups in total. The molecule has 4 heteroatoms. The summed E-state index contributed by atoms with van der Waals surface area (Å²) in [6.45, 7) is 4.37. The number of aromatic nitrogens is 2. The smallest absolute Gasteiger partial charge is 0.127 e. The summed E-state index contributed by atoms with van der Waals surface area (Å²) in [6, 6.07) is 6.88. The molecule has 0 amide bonds. The lowest BCUT2D eigenvalue weighted by Gasteiger charge is -2.30. The highest BCUT2D eigenvalue weighted by molar-refractivity contribution is 9.10. The van der Waals surface area contributed by atoms with E-state index in [-0.39, 0.29) is 5.38 Å². The average Bonchev–Trinajstić information content (AvgIpc) is 2.77. The average molecular weight is 356 g/mol. The van der Waals surface area contributed by atoms with E-state index in [2.05, 4.69) is 45.6 Å². The molecule has 0 saturated heterocycles. The van der Waals surface area contributed by atoms with Crippen molar-refractivity contribution in [3.05, 3.63) is 28.5 Å². The molecule has 108 valence electrons. The van der Waals surface area contributed by atoms with Crippen LogP contribution in [0.2, 0.25) is 0 Å². The van der Waals surface area contributed by atoms with E-state index < -0.39 is 0 Å². The second kappa shape index (κ2) is 5.69. The minimum atomic E-state index is -0.0570. The Morgan fingerprint density at radius 3 is 2.90 bits per heavy atom. The van der Waals surface area contributed by atoms with Gasteiger partial charge >= 0.3 is 0 Å². The standard InChI is InChI=1S/C16H20BrClN2/c1-10-4-3-5-13(8-10)20-15-7-6-12(17)9-14(15)19-16(20)11(2)18/h6-7,9-11,13H,3-5,8H2,1-2H3. The molecule has 1 aliphatic rings. The van der Waals surface area contributed by atoms with Crippen molar-refractivity contribution in [3.63, 3.8) is 0 Å². The van der Waals surface area contributed by atoms with E-state index in [1.54, 1.807) is 0 Å². The Hall–Kier alpha value is -0.540. The zero-order valence-corrected chi connectivity index (χ0v) is 14.3. The van der Waals surface area contributed by atoms with Crippen LogP contribution in [-0.4, -0.2) is 9.55 Å². The first-order valence-electron chi connectivity index (χ1n) is 7.37. The quantitative estimate of drug-likeness (QED) is 0.618. The molecule has 2 nitrogen and oxygen atoms in total. The number of fused-ring (bicyclic) bond motifs is 1. The molecule has 0 bridgehead atoms. The molecule has 3 rings (SSSR count). The lowest BCUT2D eigenvalue weighted by Crippen LogP contribution is -2.19. The van der Waals surface area contributed by atoms with Gasteiger partial charge in [0.15, 0.2) is 0 Å². The van der Waals surface area contributed by atoms with Crippen molar-refractivity contribution in [1.29, 1.82) is 0 Å². The van der Waals surface area contributed by atoms with Crippen LogP contribution in [0.25, 0.3) is 11.0 Å². The van der Waals surface area contributed by atoms with E-state index in [9.17, 15) is 0 Å². The van der Waals surface area contributed by atoms with Crippen LogP contribution in [0, 0.1) is 5.92 Å². The Kier molecular flexibility index (Phi) is 4.09. The normalized spacial score (nSPS) is 25.0. The van der Waals surface area contributed by atoms with Gasteiger partial charge in [-0.05, 0) is 43.9 Å². The van der Waals surface area contributed by atoms with Crippen LogP contribution in [0.4, 0.5) is 0 Å². The van der Waals surface area contributed by atoms with Gasteiger partial charge in [0.2, 0.25) is 0 Å². The number of rotatable bonds is 2. The van der Waals surface area contributed by atoms with Crippen LogP contribution in [0.15, 0.2) is 22.7 Å². The highest BCUT2D eigenvalue weighted by atomic mass is 79.9. The highest BCUT2D eigenvalue weighted by Crippen LogP contribution is 2.37. The molecule has 1 aromatic heterocycles. The number of benzene rings is 1. The van der Waals surface area contributed by atoms with Crippen molar-refractivity contribution in [2.24, 2.45) is 5.92 Å². The van der Waals surface area contributed by atoms with E-state index in [4.69, 9.17) is 16.6 Å². The van der Waals surface area contributed by atoms with E-state index >= 15 is 0 Å². The van der Waals surface area contributed by atoms with Gasteiger partial charge < -0.3 is 4.57 Å². The van der Waals surface area contributed by atoms with E-state index in [0.717, 1.165) is 21.7 Å². The summed E-state index contributed by atoms with van der Waals surface area (Å²) in [7, 11) is 0. The molecule has 3 atom stereocenters. The molecular formula is C16H20BrClN2. The molecule has 0 aliphatic heterocycles. The maximum absolute atomic E-state index is 6.38. The third-order valence-corrected chi connectivity index (χ3v) is 5.00. The van der Waals surface area contributed by atoms with Gasteiger partial charge in [0.25, 0.3) is 0 Å².